The standard InChI is InChI=1S/C5H7.C2H5B3.Ru/c1-3-5-4-2;1-2-4-5-3;/h1,3-5H,2H3;2H2,1H3;/q-1;;+1. The summed E-state index contributed by atoms with van der Waals surface area (Å²) in [5, 5.41) is 0. The SMILES string of the molecule is [B][B][B]CC.[CH-]=CC=CC.[Ru+]. The Labute approximate surface area is 86.5 Å². The average Bonchev–Trinajstić information content (AvgIpc) is 1.93. The van der Waals surface area contributed by atoms with Crippen LogP contribution >= 0.6 is 0 Å². The molecular formula is C7H12B3Ru. The third-order valence-electron chi connectivity index (χ3n) is 0.675. The van der Waals surface area contributed by atoms with Gasteiger partial charge in [0.2, 0.25) is 0 Å². The van der Waals surface area contributed by atoms with Crippen LogP contribution in [0.25, 0.3) is 0 Å². The molecule has 0 aliphatic carbocycles. The maximum atomic E-state index is 4.96. The minimum atomic E-state index is 0. The quantitative estimate of drug-likeness (QED) is 0.390. The van der Waals surface area contributed by atoms with E-state index in [4.69, 9.17) is 14.3 Å². The van der Waals surface area contributed by atoms with Crippen LogP contribution in [-0.2, 0) is 19.5 Å². The fraction of sp³-hybridized carbons (Fsp3) is 0.429. The Bertz CT molecular complexity index is 81.8. The van der Waals surface area contributed by atoms with Crippen LogP contribution in [0.1, 0.15) is 13.8 Å². The monoisotopic (exact) mass is 231 g/mol. The largest absolute Gasteiger partial charge is 1.00 e. The van der Waals surface area contributed by atoms with Gasteiger partial charge in [-0.1, -0.05) is 20.2 Å². The topological polar surface area (TPSA) is 0 Å². The predicted molar refractivity (Wildman–Crippen MR) is 51.4 cm³/mol. The zero-order chi connectivity index (χ0) is 8.24. The van der Waals surface area contributed by atoms with Gasteiger partial charge in [0.15, 0.2) is 0 Å². The molecule has 0 unspecified atom stereocenters. The molecule has 0 nitrogen and oxygen atoms in total. The normalized spacial score (nSPS) is 7.09. The second-order valence-corrected chi connectivity index (χ2v) is 1.55. The summed E-state index contributed by atoms with van der Waals surface area (Å²) in [5.41, 5.74) is 0. The summed E-state index contributed by atoms with van der Waals surface area (Å²) in [7, 11) is 8.42. The molecule has 0 aromatic heterocycles. The second-order valence-electron chi connectivity index (χ2n) is 1.55. The molecule has 0 saturated carbocycles. The predicted octanol–water partition coefficient (Wildman–Crippen LogP) is 1.38. The van der Waals surface area contributed by atoms with E-state index >= 15 is 0 Å². The molecule has 4 heteroatoms. The first kappa shape index (κ1) is 17.4. The van der Waals surface area contributed by atoms with E-state index in [-0.39, 0.29) is 19.5 Å². The Morgan fingerprint density at radius 3 is 2.09 bits per heavy atom. The van der Waals surface area contributed by atoms with Gasteiger partial charge in [0, 0.05) is 14.8 Å². The van der Waals surface area contributed by atoms with E-state index in [1.165, 1.54) is 6.08 Å². The molecule has 0 heterocycles. The molecule has 0 rings (SSSR count). The molecule has 0 N–H and O–H groups in total. The summed E-state index contributed by atoms with van der Waals surface area (Å²) in [6.45, 7) is 8.89. The van der Waals surface area contributed by atoms with E-state index in [2.05, 4.69) is 0 Å². The summed E-state index contributed by atoms with van der Waals surface area (Å²) in [5.74, 6) is 0. The van der Waals surface area contributed by atoms with Gasteiger partial charge in [-0.15, -0.1) is 0 Å². The van der Waals surface area contributed by atoms with Gasteiger partial charge in [-0.2, -0.15) is 6.08 Å². The van der Waals surface area contributed by atoms with Crippen molar-refractivity contribution in [3.63, 3.8) is 0 Å². The summed E-state index contributed by atoms with van der Waals surface area (Å²) in [4.78, 5) is 0. The molecule has 0 aromatic rings. The minimum absolute atomic E-state index is 0. The van der Waals surface area contributed by atoms with Crippen molar-refractivity contribution in [3.05, 3.63) is 24.8 Å². The maximum absolute atomic E-state index is 4.96. The molecule has 0 aliphatic rings. The maximum Gasteiger partial charge on any atom is 1.00 e. The molecule has 11 heavy (non-hydrogen) atoms. The molecule has 0 atom stereocenters. The van der Waals surface area contributed by atoms with Gasteiger partial charge in [0.1, 0.15) is 0 Å². The first-order chi connectivity index (χ1) is 4.83. The fourth-order valence-corrected chi connectivity index (χ4v) is 0.247. The van der Waals surface area contributed by atoms with E-state index in [1.54, 1.807) is 13.1 Å². The van der Waals surface area contributed by atoms with Crippen molar-refractivity contribution in [2.24, 2.45) is 0 Å². The molecule has 0 aromatic carbocycles. The molecule has 0 aliphatic heterocycles. The van der Waals surface area contributed by atoms with E-state index in [0.29, 0.717) is 0 Å². The summed E-state index contributed by atoms with van der Waals surface area (Å²) in [6.07, 6.45) is 6.19. The van der Waals surface area contributed by atoms with Crippen LogP contribution in [0, 0.1) is 6.58 Å². The number of hydrogen-bond donors (Lipinski definition) is 0. The molecule has 0 bridgehead atoms. The summed E-state index contributed by atoms with van der Waals surface area (Å²) < 4.78 is 0. The first-order valence-corrected chi connectivity index (χ1v) is 3.36. The molecule has 57 valence electrons. The fourth-order valence-electron chi connectivity index (χ4n) is 0.247. The molecule has 5 radical (unpaired) electrons. The molecule has 0 fully saturated rings. The van der Waals surface area contributed by atoms with Crippen LogP contribution in [0.5, 0.6) is 0 Å². The smallest absolute Gasteiger partial charge is 0.293 e. The van der Waals surface area contributed by atoms with Crippen LogP contribution in [0.4, 0.5) is 0 Å². The van der Waals surface area contributed by atoms with Crippen molar-refractivity contribution >= 4 is 22.0 Å². The number of allylic oxidation sites excluding steroid dienone is 3. The zero-order valence-corrected chi connectivity index (χ0v) is 8.84. The van der Waals surface area contributed by atoms with Gasteiger partial charge < -0.3 is 0 Å². The van der Waals surface area contributed by atoms with E-state index in [0.717, 1.165) is 6.32 Å². The van der Waals surface area contributed by atoms with Crippen LogP contribution in [0.3, 0.4) is 0 Å². The third kappa shape index (κ3) is 38.4. The van der Waals surface area contributed by atoms with Crippen molar-refractivity contribution in [2.75, 3.05) is 0 Å². The van der Waals surface area contributed by atoms with Crippen molar-refractivity contribution in [1.29, 1.82) is 0 Å². The van der Waals surface area contributed by atoms with Gasteiger partial charge >= 0.3 is 19.5 Å². The van der Waals surface area contributed by atoms with E-state index in [1.807, 2.05) is 27.1 Å². The van der Waals surface area contributed by atoms with Crippen LogP contribution in [-0.4, -0.2) is 22.0 Å². The van der Waals surface area contributed by atoms with Gasteiger partial charge in [-0.3, -0.25) is 6.58 Å². The Kier molecular flexibility index (Phi) is 35.5. The van der Waals surface area contributed by atoms with Gasteiger partial charge in [0.25, 0.3) is 0 Å². The van der Waals surface area contributed by atoms with Crippen molar-refractivity contribution in [1.82, 2.24) is 0 Å². The van der Waals surface area contributed by atoms with Gasteiger partial charge in [-0.25, -0.2) is 12.2 Å². The molecule has 0 spiro atoms. The molecule has 0 saturated heterocycles. The number of rotatable bonds is 3. The Morgan fingerprint density at radius 2 is 2.09 bits per heavy atom. The Morgan fingerprint density at radius 1 is 1.55 bits per heavy atom. The van der Waals surface area contributed by atoms with Crippen molar-refractivity contribution in [2.45, 2.75) is 20.2 Å². The average molecular weight is 230 g/mol. The van der Waals surface area contributed by atoms with E-state index < -0.39 is 0 Å². The third-order valence-corrected chi connectivity index (χ3v) is 0.675. The number of hydrogen-bond acceptors (Lipinski definition) is 0. The first-order valence-electron chi connectivity index (χ1n) is 3.36. The van der Waals surface area contributed by atoms with Crippen LogP contribution in [0.15, 0.2) is 18.2 Å². The van der Waals surface area contributed by atoms with Crippen molar-refractivity contribution < 1.29 is 19.5 Å². The van der Waals surface area contributed by atoms with Crippen LogP contribution < -0.4 is 0 Å². The molecule has 0 amide bonds. The second kappa shape index (κ2) is 22.4. The van der Waals surface area contributed by atoms with Crippen LogP contribution in [0.2, 0.25) is 6.32 Å². The Hall–Kier alpha value is 0.298. The van der Waals surface area contributed by atoms with E-state index in [9.17, 15) is 0 Å². The Balaban J connectivity index is -0.000000107. The summed E-state index contributed by atoms with van der Waals surface area (Å²) in [6, 6.07) is 0. The molecular weight excluding hydrogens is 218 g/mol. The minimum Gasteiger partial charge on any atom is -0.293 e. The van der Waals surface area contributed by atoms with Gasteiger partial charge in [0.05, 0.1) is 7.17 Å². The summed E-state index contributed by atoms with van der Waals surface area (Å²) >= 11 is 0. The van der Waals surface area contributed by atoms with Crippen molar-refractivity contribution in [3.8, 4) is 0 Å². The zero-order valence-electron chi connectivity index (χ0n) is 7.10. The van der Waals surface area contributed by atoms with Gasteiger partial charge in [-0.05, 0) is 0 Å².